The van der Waals surface area contributed by atoms with Gasteiger partial charge in [0.2, 0.25) is 5.91 Å². The Morgan fingerprint density at radius 2 is 1.40 bits per heavy atom. The Bertz CT molecular complexity index is 850. The molecule has 1 atom stereocenters. The van der Waals surface area contributed by atoms with Crippen LogP contribution in [0.4, 0.5) is 0 Å². The van der Waals surface area contributed by atoms with Gasteiger partial charge in [0.25, 0.3) is 0 Å². The minimum absolute atomic E-state index is 0.0179. The number of hydrogen-bond donors (Lipinski definition) is 1. The maximum Gasteiger partial charge on any atom is 0.220 e. The predicted molar refractivity (Wildman–Crippen MR) is 152 cm³/mol. The van der Waals surface area contributed by atoms with E-state index >= 15 is 0 Å². The van der Waals surface area contributed by atoms with Crippen molar-refractivity contribution in [2.75, 3.05) is 0 Å². The fourth-order valence-electron chi connectivity index (χ4n) is 4.26. The summed E-state index contributed by atoms with van der Waals surface area (Å²) >= 11 is 0. The molecule has 0 radical (unpaired) electrons. The molecule has 0 unspecified atom stereocenters. The lowest BCUT2D eigenvalue weighted by atomic mass is 9.98. The molecule has 0 bridgehead atoms. The molecular formula is C33H47NO. The van der Waals surface area contributed by atoms with E-state index in [1.165, 1.54) is 68.1 Å². The molecular weight excluding hydrogens is 426 g/mol. The number of carbonyl (C=O) groups excluding carboxylic acids is 1. The van der Waals surface area contributed by atoms with Crippen molar-refractivity contribution >= 4 is 5.91 Å². The average molecular weight is 474 g/mol. The first-order valence-corrected chi connectivity index (χ1v) is 13.9. The summed E-state index contributed by atoms with van der Waals surface area (Å²) in [6.45, 7) is 4.35. The molecule has 0 fully saturated rings. The summed E-state index contributed by atoms with van der Waals surface area (Å²) in [5.74, 6) is 0.164. The van der Waals surface area contributed by atoms with Crippen LogP contribution in [0.15, 0.2) is 78.9 Å². The van der Waals surface area contributed by atoms with Gasteiger partial charge in [-0.3, -0.25) is 4.79 Å². The Kier molecular flexibility index (Phi) is 15.3. The van der Waals surface area contributed by atoms with Gasteiger partial charge in [-0.25, -0.2) is 0 Å². The van der Waals surface area contributed by atoms with Gasteiger partial charge in [-0.05, 0) is 63.0 Å². The molecule has 0 aliphatic rings. The van der Waals surface area contributed by atoms with Crippen molar-refractivity contribution in [3.8, 4) is 0 Å². The Balaban J connectivity index is 1.59. The number of aryl methyl sites for hydroxylation is 1. The van der Waals surface area contributed by atoms with Crippen molar-refractivity contribution < 1.29 is 4.79 Å². The monoisotopic (exact) mass is 473 g/mol. The van der Waals surface area contributed by atoms with Crippen LogP contribution in [0.5, 0.6) is 0 Å². The van der Waals surface area contributed by atoms with E-state index in [4.69, 9.17) is 0 Å². The van der Waals surface area contributed by atoms with Crippen molar-refractivity contribution in [2.24, 2.45) is 0 Å². The maximum absolute atomic E-state index is 12.7. The van der Waals surface area contributed by atoms with E-state index in [-0.39, 0.29) is 11.9 Å². The highest BCUT2D eigenvalue weighted by molar-refractivity contribution is 5.76. The number of allylic oxidation sites excluding steroid dienone is 4. The van der Waals surface area contributed by atoms with Crippen LogP contribution in [0, 0.1) is 6.92 Å². The normalized spacial score (nSPS) is 12.4. The number of amides is 1. The van der Waals surface area contributed by atoms with Gasteiger partial charge in [-0.2, -0.15) is 0 Å². The first-order chi connectivity index (χ1) is 17.2. The highest BCUT2D eigenvalue weighted by Gasteiger charge is 2.15. The first-order valence-electron chi connectivity index (χ1n) is 13.9. The quantitative estimate of drug-likeness (QED) is 0.170. The third-order valence-corrected chi connectivity index (χ3v) is 6.45. The lowest BCUT2D eigenvalue weighted by molar-refractivity contribution is -0.122. The van der Waals surface area contributed by atoms with Crippen molar-refractivity contribution in [3.63, 3.8) is 0 Å². The third-order valence-electron chi connectivity index (χ3n) is 6.45. The maximum atomic E-state index is 12.7. The topological polar surface area (TPSA) is 29.1 Å². The minimum atomic E-state index is 0.0179. The van der Waals surface area contributed by atoms with E-state index in [2.05, 4.69) is 79.9 Å². The molecule has 0 aromatic heterocycles. The number of benzene rings is 2. The predicted octanol–water partition coefficient (Wildman–Crippen LogP) is 9.21. The van der Waals surface area contributed by atoms with Gasteiger partial charge in [0.1, 0.15) is 0 Å². The smallest absolute Gasteiger partial charge is 0.220 e. The molecule has 1 N–H and O–H groups in total. The second kappa shape index (κ2) is 18.7. The second-order valence-corrected chi connectivity index (χ2v) is 9.70. The second-order valence-electron chi connectivity index (χ2n) is 9.70. The molecule has 2 rings (SSSR count). The molecule has 0 aliphatic carbocycles. The highest BCUT2D eigenvalue weighted by Crippen LogP contribution is 2.19. The average Bonchev–Trinajstić information content (AvgIpc) is 2.88. The van der Waals surface area contributed by atoms with Gasteiger partial charge < -0.3 is 5.32 Å². The molecule has 2 aromatic carbocycles. The Morgan fingerprint density at radius 3 is 2.09 bits per heavy atom. The summed E-state index contributed by atoms with van der Waals surface area (Å²) in [5, 5.41) is 3.29. The molecule has 2 aromatic rings. The lowest BCUT2D eigenvalue weighted by Gasteiger charge is -2.20. The summed E-state index contributed by atoms with van der Waals surface area (Å²) < 4.78 is 0. The standard InChI is InChI=1S/C33H47NO/c1-3-4-5-6-7-8-9-10-11-12-13-14-15-16-20-23-33(35)34-32(31-21-18-17-19-22-31)28-30-26-24-29(2)25-27-30/h7-8,10-11,17-19,21-22,24-27,32H,3-6,9,12-16,20,23,28H2,1-2H3,(H,34,35)/b8-7+,11-10+/t32-/m0/s1. The zero-order chi connectivity index (χ0) is 25.0. The van der Waals surface area contributed by atoms with E-state index in [1.54, 1.807) is 0 Å². The van der Waals surface area contributed by atoms with Gasteiger partial charge in [-0.15, -0.1) is 0 Å². The third kappa shape index (κ3) is 13.8. The van der Waals surface area contributed by atoms with Gasteiger partial charge in [0, 0.05) is 6.42 Å². The lowest BCUT2D eigenvalue weighted by Crippen LogP contribution is -2.29. The fourth-order valence-corrected chi connectivity index (χ4v) is 4.26. The van der Waals surface area contributed by atoms with Crippen LogP contribution >= 0.6 is 0 Å². The minimum Gasteiger partial charge on any atom is -0.349 e. The first kappa shape index (κ1) is 28.6. The Labute approximate surface area is 214 Å². The van der Waals surface area contributed by atoms with Gasteiger partial charge in [-0.1, -0.05) is 123 Å². The zero-order valence-corrected chi connectivity index (χ0v) is 22.2. The molecule has 0 aliphatic heterocycles. The van der Waals surface area contributed by atoms with Gasteiger partial charge in [0.15, 0.2) is 0 Å². The van der Waals surface area contributed by atoms with Crippen LogP contribution in [-0.2, 0) is 11.2 Å². The van der Waals surface area contributed by atoms with Crippen molar-refractivity contribution in [3.05, 3.63) is 95.6 Å². The van der Waals surface area contributed by atoms with E-state index in [0.29, 0.717) is 6.42 Å². The van der Waals surface area contributed by atoms with Gasteiger partial charge in [0.05, 0.1) is 6.04 Å². The molecule has 2 heteroatoms. The zero-order valence-electron chi connectivity index (χ0n) is 22.2. The van der Waals surface area contributed by atoms with Crippen LogP contribution in [0.2, 0.25) is 0 Å². The summed E-state index contributed by atoms with van der Waals surface area (Å²) in [5.41, 5.74) is 3.68. The van der Waals surface area contributed by atoms with Crippen LogP contribution in [0.1, 0.15) is 107 Å². The number of unbranched alkanes of at least 4 members (excludes halogenated alkanes) is 8. The SMILES string of the molecule is CCCCC/C=C/C/C=C/CCCCCCCC(=O)N[C@@H](Cc1ccc(C)cc1)c1ccccc1. The molecule has 1 amide bonds. The number of nitrogens with one attached hydrogen (secondary N) is 1. The number of hydrogen-bond acceptors (Lipinski definition) is 1. The van der Waals surface area contributed by atoms with E-state index in [1.807, 2.05) is 18.2 Å². The van der Waals surface area contributed by atoms with E-state index in [9.17, 15) is 4.79 Å². The Hall–Kier alpha value is -2.61. The molecule has 0 heterocycles. The van der Waals surface area contributed by atoms with Crippen molar-refractivity contribution in [1.82, 2.24) is 5.32 Å². The van der Waals surface area contributed by atoms with Crippen LogP contribution < -0.4 is 5.32 Å². The Morgan fingerprint density at radius 1 is 0.771 bits per heavy atom. The number of carbonyl (C=O) groups is 1. The van der Waals surface area contributed by atoms with Gasteiger partial charge >= 0.3 is 0 Å². The highest BCUT2D eigenvalue weighted by atomic mass is 16.1. The molecule has 190 valence electrons. The molecule has 2 nitrogen and oxygen atoms in total. The molecule has 0 saturated heterocycles. The largest absolute Gasteiger partial charge is 0.349 e. The molecule has 0 saturated carbocycles. The van der Waals surface area contributed by atoms with Crippen LogP contribution in [-0.4, -0.2) is 5.91 Å². The van der Waals surface area contributed by atoms with E-state index < -0.39 is 0 Å². The van der Waals surface area contributed by atoms with Crippen LogP contribution in [0.3, 0.4) is 0 Å². The molecule has 0 spiro atoms. The summed E-state index contributed by atoms with van der Waals surface area (Å²) in [6, 6.07) is 19.0. The molecule has 35 heavy (non-hydrogen) atoms. The summed E-state index contributed by atoms with van der Waals surface area (Å²) in [4.78, 5) is 12.7. The van der Waals surface area contributed by atoms with Crippen LogP contribution in [0.25, 0.3) is 0 Å². The summed E-state index contributed by atoms with van der Waals surface area (Å²) in [6.07, 6.45) is 23.9. The number of rotatable bonds is 18. The van der Waals surface area contributed by atoms with Crippen molar-refractivity contribution in [1.29, 1.82) is 0 Å². The van der Waals surface area contributed by atoms with E-state index in [0.717, 1.165) is 25.7 Å². The fraction of sp³-hybridized carbons (Fsp3) is 0.485. The van der Waals surface area contributed by atoms with Crippen molar-refractivity contribution in [2.45, 2.75) is 103 Å². The summed E-state index contributed by atoms with van der Waals surface area (Å²) in [7, 11) is 0.